The quantitative estimate of drug-likeness (QED) is 0.779. The van der Waals surface area contributed by atoms with Crippen LogP contribution in [0.2, 0.25) is 0 Å². The van der Waals surface area contributed by atoms with Gasteiger partial charge in [-0.15, -0.1) is 0 Å². The van der Waals surface area contributed by atoms with Crippen LogP contribution in [0.3, 0.4) is 0 Å². The van der Waals surface area contributed by atoms with E-state index >= 15 is 0 Å². The van der Waals surface area contributed by atoms with Gasteiger partial charge in [-0.05, 0) is 30.9 Å². The van der Waals surface area contributed by atoms with Gasteiger partial charge >= 0.3 is 0 Å². The lowest BCUT2D eigenvalue weighted by molar-refractivity contribution is 0.112. The molecule has 0 radical (unpaired) electrons. The number of hydrogen-bond donors (Lipinski definition) is 1. The average Bonchev–Trinajstić information content (AvgIpc) is 2.71. The van der Waals surface area contributed by atoms with Crippen LogP contribution in [-0.4, -0.2) is 6.61 Å². The lowest BCUT2D eigenvalue weighted by atomic mass is 10.0. The molecule has 1 heterocycles. The maximum atomic E-state index is 5.84. The van der Waals surface area contributed by atoms with Gasteiger partial charge in [0.2, 0.25) is 0 Å². The predicted molar refractivity (Wildman–Crippen MR) is 57.0 cm³/mol. The summed E-state index contributed by atoms with van der Waals surface area (Å²) < 4.78 is 5.63. The van der Waals surface area contributed by atoms with Gasteiger partial charge in [0, 0.05) is 12.6 Å². The van der Waals surface area contributed by atoms with E-state index < -0.39 is 0 Å². The van der Waals surface area contributed by atoms with Gasteiger partial charge in [-0.3, -0.25) is 0 Å². The molecule has 0 saturated carbocycles. The molecule has 1 aromatic carbocycles. The Morgan fingerprint density at radius 1 is 1.50 bits per heavy atom. The van der Waals surface area contributed by atoms with Crippen molar-refractivity contribution in [3.05, 3.63) is 35.4 Å². The molecule has 2 nitrogen and oxygen atoms in total. The normalized spacial score (nSPS) is 23.7. The topological polar surface area (TPSA) is 35.2 Å². The zero-order valence-corrected chi connectivity index (χ0v) is 8.57. The molecular weight excluding hydrogens is 174 g/mol. The molecule has 1 fully saturated rings. The molecule has 0 spiro atoms. The van der Waals surface area contributed by atoms with Crippen molar-refractivity contribution in [3.8, 4) is 0 Å². The van der Waals surface area contributed by atoms with Crippen LogP contribution in [0.1, 0.15) is 43.0 Å². The summed E-state index contributed by atoms with van der Waals surface area (Å²) in [6.45, 7) is 2.90. The molecule has 0 amide bonds. The molecule has 2 unspecified atom stereocenters. The first kappa shape index (κ1) is 9.69. The number of hydrogen-bond acceptors (Lipinski definition) is 2. The fraction of sp³-hybridized carbons (Fsp3) is 0.500. The predicted octanol–water partition coefficient (Wildman–Crippen LogP) is 2.56. The van der Waals surface area contributed by atoms with Crippen LogP contribution in [0, 0.1) is 0 Å². The number of ether oxygens (including phenoxy) is 1. The molecule has 2 atom stereocenters. The highest BCUT2D eigenvalue weighted by molar-refractivity contribution is 5.27. The SMILES string of the molecule is CC(N)c1cccc(C2CCCO2)c1. The van der Waals surface area contributed by atoms with Crippen molar-refractivity contribution in [1.82, 2.24) is 0 Å². The Hall–Kier alpha value is -0.860. The number of rotatable bonds is 2. The molecule has 2 N–H and O–H groups in total. The molecule has 2 heteroatoms. The fourth-order valence-electron chi connectivity index (χ4n) is 1.88. The summed E-state index contributed by atoms with van der Waals surface area (Å²) in [6, 6.07) is 8.54. The highest BCUT2D eigenvalue weighted by Gasteiger charge is 2.17. The largest absolute Gasteiger partial charge is 0.374 e. The maximum Gasteiger partial charge on any atom is 0.0825 e. The van der Waals surface area contributed by atoms with E-state index in [4.69, 9.17) is 10.5 Å². The monoisotopic (exact) mass is 191 g/mol. The second-order valence-electron chi connectivity index (χ2n) is 3.96. The van der Waals surface area contributed by atoms with Crippen LogP contribution in [-0.2, 0) is 4.74 Å². The Morgan fingerprint density at radius 2 is 2.36 bits per heavy atom. The van der Waals surface area contributed by atoms with E-state index in [0.717, 1.165) is 13.0 Å². The standard InChI is InChI=1S/C12H17NO/c1-9(13)10-4-2-5-11(8-10)12-6-3-7-14-12/h2,4-5,8-9,12H,3,6-7,13H2,1H3. The van der Waals surface area contributed by atoms with Gasteiger partial charge in [-0.25, -0.2) is 0 Å². The van der Waals surface area contributed by atoms with Crippen LogP contribution >= 0.6 is 0 Å². The molecule has 1 aliphatic heterocycles. The molecule has 76 valence electrons. The van der Waals surface area contributed by atoms with Crippen LogP contribution < -0.4 is 5.73 Å². The van der Waals surface area contributed by atoms with Crippen LogP contribution in [0.4, 0.5) is 0 Å². The van der Waals surface area contributed by atoms with Crippen LogP contribution in [0.25, 0.3) is 0 Å². The molecule has 14 heavy (non-hydrogen) atoms. The minimum absolute atomic E-state index is 0.108. The van der Waals surface area contributed by atoms with E-state index in [1.165, 1.54) is 17.5 Å². The Labute approximate surface area is 85.1 Å². The molecule has 0 aliphatic carbocycles. The van der Waals surface area contributed by atoms with E-state index in [-0.39, 0.29) is 6.04 Å². The zero-order chi connectivity index (χ0) is 9.97. The molecule has 1 saturated heterocycles. The van der Waals surface area contributed by atoms with Gasteiger partial charge in [0.25, 0.3) is 0 Å². The summed E-state index contributed by atoms with van der Waals surface area (Å²) in [7, 11) is 0. The summed E-state index contributed by atoms with van der Waals surface area (Å²) in [6.07, 6.45) is 2.61. The molecule has 0 aromatic heterocycles. The van der Waals surface area contributed by atoms with Gasteiger partial charge in [-0.2, -0.15) is 0 Å². The van der Waals surface area contributed by atoms with E-state index in [2.05, 4.69) is 24.3 Å². The second-order valence-corrected chi connectivity index (χ2v) is 3.96. The average molecular weight is 191 g/mol. The Balaban J connectivity index is 2.21. The smallest absolute Gasteiger partial charge is 0.0825 e. The summed E-state index contributed by atoms with van der Waals surface area (Å²) >= 11 is 0. The number of benzene rings is 1. The van der Waals surface area contributed by atoms with Crippen LogP contribution in [0.5, 0.6) is 0 Å². The van der Waals surface area contributed by atoms with E-state index in [1.54, 1.807) is 0 Å². The lowest BCUT2D eigenvalue weighted by Gasteiger charge is -2.12. The molecular formula is C12H17NO. The van der Waals surface area contributed by atoms with Crippen molar-refractivity contribution >= 4 is 0 Å². The van der Waals surface area contributed by atoms with Crippen molar-refractivity contribution in [2.75, 3.05) is 6.61 Å². The highest BCUT2D eigenvalue weighted by atomic mass is 16.5. The third-order valence-corrected chi connectivity index (χ3v) is 2.74. The first-order valence-electron chi connectivity index (χ1n) is 5.24. The molecule has 1 aliphatic rings. The summed E-state index contributed by atoms with van der Waals surface area (Å²) in [4.78, 5) is 0. The third kappa shape index (κ3) is 1.97. The minimum atomic E-state index is 0.108. The molecule has 2 rings (SSSR count). The van der Waals surface area contributed by atoms with E-state index in [0.29, 0.717) is 6.10 Å². The fourth-order valence-corrected chi connectivity index (χ4v) is 1.88. The maximum absolute atomic E-state index is 5.84. The van der Waals surface area contributed by atoms with Crippen molar-refractivity contribution in [2.24, 2.45) is 5.73 Å². The van der Waals surface area contributed by atoms with Gasteiger partial charge in [0.15, 0.2) is 0 Å². The van der Waals surface area contributed by atoms with Gasteiger partial charge in [-0.1, -0.05) is 24.3 Å². The van der Waals surface area contributed by atoms with Crippen molar-refractivity contribution in [2.45, 2.75) is 31.9 Å². The summed E-state index contributed by atoms with van der Waals surface area (Å²) in [5.74, 6) is 0. The Bertz CT molecular complexity index is 303. The lowest BCUT2D eigenvalue weighted by Crippen LogP contribution is -2.06. The summed E-state index contributed by atoms with van der Waals surface area (Å²) in [5.41, 5.74) is 8.31. The first-order chi connectivity index (χ1) is 6.77. The second kappa shape index (κ2) is 4.11. The minimum Gasteiger partial charge on any atom is -0.374 e. The Kier molecular flexibility index (Phi) is 2.85. The summed E-state index contributed by atoms with van der Waals surface area (Å²) in [5, 5.41) is 0. The van der Waals surface area contributed by atoms with Gasteiger partial charge in [0.05, 0.1) is 6.10 Å². The zero-order valence-electron chi connectivity index (χ0n) is 8.57. The third-order valence-electron chi connectivity index (χ3n) is 2.74. The van der Waals surface area contributed by atoms with Gasteiger partial charge in [0.1, 0.15) is 0 Å². The van der Waals surface area contributed by atoms with E-state index in [1.807, 2.05) is 6.92 Å². The molecule has 0 bridgehead atoms. The van der Waals surface area contributed by atoms with Crippen molar-refractivity contribution < 1.29 is 4.74 Å². The molecule has 1 aromatic rings. The first-order valence-corrected chi connectivity index (χ1v) is 5.24. The van der Waals surface area contributed by atoms with E-state index in [9.17, 15) is 0 Å². The van der Waals surface area contributed by atoms with Crippen molar-refractivity contribution in [3.63, 3.8) is 0 Å². The number of nitrogens with two attached hydrogens (primary N) is 1. The van der Waals surface area contributed by atoms with Crippen LogP contribution in [0.15, 0.2) is 24.3 Å². The van der Waals surface area contributed by atoms with Gasteiger partial charge < -0.3 is 10.5 Å². The highest BCUT2D eigenvalue weighted by Crippen LogP contribution is 2.29. The Morgan fingerprint density at radius 3 is 3.00 bits per heavy atom. The van der Waals surface area contributed by atoms with Crippen molar-refractivity contribution in [1.29, 1.82) is 0 Å².